The van der Waals surface area contributed by atoms with Gasteiger partial charge in [0.1, 0.15) is 5.75 Å². The third-order valence-electron chi connectivity index (χ3n) is 3.93. The van der Waals surface area contributed by atoms with E-state index in [-0.39, 0.29) is 35.4 Å². The van der Waals surface area contributed by atoms with Crippen molar-refractivity contribution in [1.29, 1.82) is 0 Å². The van der Waals surface area contributed by atoms with Gasteiger partial charge in [-0.2, -0.15) is 0 Å². The van der Waals surface area contributed by atoms with Gasteiger partial charge in [-0.3, -0.25) is 4.99 Å². The third kappa shape index (κ3) is 6.95. The van der Waals surface area contributed by atoms with Crippen LogP contribution in [-0.2, 0) is 16.6 Å². The molecule has 0 amide bonds. The Hall–Kier alpha value is -1.85. The van der Waals surface area contributed by atoms with E-state index in [4.69, 9.17) is 4.74 Å². The molecule has 28 heavy (non-hydrogen) atoms. The zero-order valence-electron chi connectivity index (χ0n) is 16.3. The molecule has 0 atom stereocenters. The van der Waals surface area contributed by atoms with Crippen LogP contribution >= 0.6 is 24.0 Å². The molecule has 0 spiro atoms. The lowest BCUT2D eigenvalue weighted by atomic mass is 10.2. The Morgan fingerprint density at radius 2 is 1.71 bits per heavy atom. The number of ether oxygens (including phenoxy) is 1. The molecule has 0 heterocycles. The Kier molecular flexibility index (Phi) is 10.3. The van der Waals surface area contributed by atoms with Gasteiger partial charge in [-0.05, 0) is 18.2 Å². The summed E-state index contributed by atoms with van der Waals surface area (Å²) in [4.78, 5) is 6.45. The maximum absolute atomic E-state index is 12.2. The molecule has 0 aromatic heterocycles. The van der Waals surface area contributed by atoms with Crippen LogP contribution in [0, 0.1) is 0 Å². The minimum absolute atomic E-state index is 0. The standard InChI is InChI=1S/C19H26N4O3S.HI/c1-20-19(23(2)15-16-9-7-8-12-18(16)26-3)21-13-14-22-27(24,25)17-10-5-4-6-11-17;/h4-12,22H,13-15H2,1-3H3,(H,20,21);1H. The molecular weight excluding hydrogens is 491 g/mol. The van der Waals surface area contributed by atoms with Gasteiger partial charge >= 0.3 is 0 Å². The first-order chi connectivity index (χ1) is 13.0. The van der Waals surface area contributed by atoms with Crippen molar-refractivity contribution in [2.24, 2.45) is 4.99 Å². The highest BCUT2D eigenvalue weighted by molar-refractivity contribution is 14.0. The molecule has 0 aliphatic rings. The Labute approximate surface area is 184 Å². The summed E-state index contributed by atoms with van der Waals surface area (Å²) in [6.45, 7) is 1.27. The SMILES string of the molecule is CN=C(NCCNS(=O)(=O)c1ccccc1)N(C)Cc1ccccc1OC.I. The largest absolute Gasteiger partial charge is 0.496 e. The van der Waals surface area contributed by atoms with Gasteiger partial charge in [-0.1, -0.05) is 36.4 Å². The molecule has 0 bridgehead atoms. The van der Waals surface area contributed by atoms with Gasteiger partial charge < -0.3 is 15.0 Å². The quantitative estimate of drug-likeness (QED) is 0.243. The number of halogens is 1. The highest BCUT2D eigenvalue weighted by Crippen LogP contribution is 2.18. The van der Waals surface area contributed by atoms with Crippen molar-refractivity contribution < 1.29 is 13.2 Å². The van der Waals surface area contributed by atoms with Crippen LogP contribution in [0.15, 0.2) is 64.5 Å². The predicted octanol–water partition coefficient (Wildman–Crippen LogP) is 2.30. The molecule has 2 N–H and O–H groups in total. The summed E-state index contributed by atoms with van der Waals surface area (Å²) in [5.74, 6) is 1.48. The number of hydrogen-bond donors (Lipinski definition) is 2. The van der Waals surface area contributed by atoms with E-state index in [2.05, 4.69) is 15.0 Å². The van der Waals surface area contributed by atoms with Crippen LogP contribution in [0.2, 0.25) is 0 Å². The number of aliphatic imine (C=N–C) groups is 1. The maximum Gasteiger partial charge on any atom is 0.240 e. The lowest BCUT2D eigenvalue weighted by Gasteiger charge is -2.23. The fraction of sp³-hybridized carbons (Fsp3) is 0.316. The summed E-state index contributed by atoms with van der Waals surface area (Å²) >= 11 is 0. The number of para-hydroxylation sites is 1. The molecule has 0 saturated carbocycles. The van der Waals surface area contributed by atoms with Crippen LogP contribution in [0.5, 0.6) is 5.75 Å². The number of methoxy groups -OCH3 is 1. The normalized spacial score (nSPS) is 11.5. The Bertz CT molecular complexity index is 860. The van der Waals surface area contributed by atoms with Gasteiger partial charge in [0.15, 0.2) is 5.96 Å². The lowest BCUT2D eigenvalue weighted by Crippen LogP contribution is -2.42. The average Bonchev–Trinajstić information content (AvgIpc) is 2.69. The van der Waals surface area contributed by atoms with Crippen LogP contribution in [0.25, 0.3) is 0 Å². The zero-order valence-corrected chi connectivity index (χ0v) is 19.4. The number of sulfonamides is 1. The van der Waals surface area contributed by atoms with E-state index in [1.807, 2.05) is 36.2 Å². The molecule has 0 saturated heterocycles. The Balaban J connectivity index is 0.00000392. The third-order valence-corrected chi connectivity index (χ3v) is 5.40. The van der Waals surface area contributed by atoms with Crippen LogP contribution in [0.3, 0.4) is 0 Å². The minimum atomic E-state index is -3.50. The Morgan fingerprint density at radius 1 is 1.07 bits per heavy atom. The van der Waals surface area contributed by atoms with Gasteiger partial charge in [-0.25, -0.2) is 13.1 Å². The maximum atomic E-state index is 12.2. The van der Waals surface area contributed by atoms with Crippen LogP contribution in [0.4, 0.5) is 0 Å². The molecule has 0 aliphatic heterocycles. The summed E-state index contributed by atoms with van der Waals surface area (Å²) in [6, 6.07) is 16.1. The lowest BCUT2D eigenvalue weighted by molar-refractivity contribution is 0.396. The molecule has 0 aliphatic carbocycles. The second-order valence-electron chi connectivity index (χ2n) is 5.85. The monoisotopic (exact) mass is 518 g/mol. The van der Waals surface area contributed by atoms with Crippen LogP contribution in [-0.4, -0.2) is 53.6 Å². The first kappa shape index (κ1) is 24.2. The number of guanidine groups is 1. The first-order valence-electron chi connectivity index (χ1n) is 8.56. The number of nitrogens with zero attached hydrogens (tertiary/aromatic N) is 2. The minimum Gasteiger partial charge on any atom is -0.496 e. The zero-order chi connectivity index (χ0) is 19.7. The van der Waals surface area contributed by atoms with E-state index >= 15 is 0 Å². The van der Waals surface area contributed by atoms with E-state index < -0.39 is 10.0 Å². The van der Waals surface area contributed by atoms with Crippen LogP contribution < -0.4 is 14.8 Å². The summed E-state index contributed by atoms with van der Waals surface area (Å²) in [7, 11) is 1.74. The van der Waals surface area contributed by atoms with Crippen molar-refractivity contribution in [3.05, 3.63) is 60.2 Å². The summed E-state index contributed by atoms with van der Waals surface area (Å²) < 4.78 is 32.3. The second kappa shape index (κ2) is 11.9. The summed E-state index contributed by atoms with van der Waals surface area (Å²) in [5, 5.41) is 3.16. The molecule has 2 aromatic carbocycles. The fourth-order valence-corrected chi connectivity index (χ4v) is 3.64. The van der Waals surface area contributed by atoms with Crippen molar-refractivity contribution in [1.82, 2.24) is 14.9 Å². The molecule has 0 radical (unpaired) electrons. The van der Waals surface area contributed by atoms with Gasteiger partial charge in [0, 0.05) is 39.3 Å². The summed E-state index contributed by atoms with van der Waals surface area (Å²) in [5.41, 5.74) is 1.04. The molecule has 9 heteroatoms. The number of rotatable bonds is 8. The van der Waals surface area contributed by atoms with Crippen LogP contribution in [0.1, 0.15) is 5.56 Å². The smallest absolute Gasteiger partial charge is 0.240 e. The topological polar surface area (TPSA) is 83.0 Å². The molecule has 2 aromatic rings. The molecule has 154 valence electrons. The highest BCUT2D eigenvalue weighted by atomic mass is 127. The fourth-order valence-electron chi connectivity index (χ4n) is 2.59. The Morgan fingerprint density at radius 3 is 2.36 bits per heavy atom. The van der Waals surface area contributed by atoms with Gasteiger partial charge in [0.2, 0.25) is 10.0 Å². The molecule has 2 rings (SSSR count). The van der Waals surface area contributed by atoms with Crippen molar-refractivity contribution >= 4 is 40.0 Å². The molecule has 0 unspecified atom stereocenters. The van der Waals surface area contributed by atoms with Gasteiger partial charge in [0.25, 0.3) is 0 Å². The predicted molar refractivity (Wildman–Crippen MR) is 123 cm³/mol. The van der Waals surface area contributed by atoms with Crippen molar-refractivity contribution in [3.63, 3.8) is 0 Å². The number of hydrogen-bond acceptors (Lipinski definition) is 4. The second-order valence-corrected chi connectivity index (χ2v) is 7.62. The van der Waals surface area contributed by atoms with E-state index in [1.165, 1.54) is 0 Å². The van der Waals surface area contributed by atoms with E-state index in [0.29, 0.717) is 19.0 Å². The molecular formula is C19H27IN4O3S. The first-order valence-corrected chi connectivity index (χ1v) is 10.0. The van der Waals surface area contributed by atoms with E-state index in [0.717, 1.165) is 11.3 Å². The van der Waals surface area contributed by atoms with E-state index in [1.54, 1.807) is 44.5 Å². The van der Waals surface area contributed by atoms with Gasteiger partial charge in [-0.15, -0.1) is 24.0 Å². The number of nitrogens with one attached hydrogen (secondary N) is 2. The summed E-state index contributed by atoms with van der Waals surface area (Å²) in [6.07, 6.45) is 0. The van der Waals surface area contributed by atoms with Crippen molar-refractivity contribution in [2.45, 2.75) is 11.4 Å². The van der Waals surface area contributed by atoms with Crippen molar-refractivity contribution in [2.75, 3.05) is 34.3 Å². The molecule has 0 fully saturated rings. The number of benzene rings is 2. The van der Waals surface area contributed by atoms with Gasteiger partial charge in [0.05, 0.1) is 12.0 Å². The molecule has 7 nitrogen and oxygen atoms in total. The van der Waals surface area contributed by atoms with E-state index in [9.17, 15) is 8.42 Å². The highest BCUT2D eigenvalue weighted by Gasteiger charge is 2.13. The van der Waals surface area contributed by atoms with Crippen molar-refractivity contribution in [3.8, 4) is 5.75 Å². The average molecular weight is 518 g/mol.